The van der Waals surface area contributed by atoms with Gasteiger partial charge in [0.05, 0.1) is 18.7 Å². The monoisotopic (exact) mass is 226 g/mol. The Kier molecular flexibility index (Phi) is 3.63. The van der Waals surface area contributed by atoms with Gasteiger partial charge in [0.25, 0.3) is 0 Å². The molecule has 0 aliphatic carbocycles. The Morgan fingerprint density at radius 3 is 2.47 bits per heavy atom. The third-order valence-corrected chi connectivity index (χ3v) is 2.96. The first kappa shape index (κ1) is 12.7. The lowest BCUT2D eigenvalue weighted by Gasteiger charge is -2.28. The molecule has 0 radical (unpaired) electrons. The average Bonchev–Trinajstić information content (AvgIpc) is 2.40. The zero-order chi connectivity index (χ0) is 11.7. The molecule has 1 aliphatic rings. The molecule has 6 heteroatoms. The van der Waals surface area contributed by atoms with Gasteiger partial charge in [-0.2, -0.15) is 13.2 Å². The van der Waals surface area contributed by atoms with Crippen LogP contribution in [0.25, 0.3) is 0 Å². The summed E-state index contributed by atoms with van der Waals surface area (Å²) in [6, 6.07) is 0.192. The van der Waals surface area contributed by atoms with E-state index < -0.39 is 18.3 Å². The molecule has 0 amide bonds. The molecule has 0 saturated carbocycles. The summed E-state index contributed by atoms with van der Waals surface area (Å²) in [7, 11) is 1.84. The van der Waals surface area contributed by atoms with Gasteiger partial charge >= 0.3 is 6.18 Å². The van der Waals surface area contributed by atoms with Crippen molar-refractivity contribution in [1.29, 1.82) is 0 Å². The molecule has 0 spiro atoms. The van der Waals surface area contributed by atoms with Gasteiger partial charge in [-0.15, -0.1) is 0 Å². The SMILES string of the molecule is CC1CC(CO)(NCC(F)(F)F)CN1C. The number of likely N-dealkylation sites (tertiary alicyclic amines) is 1. The number of likely N-dealkylation sites (N-methyl/N-ethyl adjacent to an activating group) is 1. The van der Waals surface area contributed by atoms with Gasteiger partial charge in [-0.25, -0.2) is 0 Å². The third-order valence-electron chi connectivity index (χ3n) is 2.96. The normalized spacial score (nSPS) is 33.6. The maximum absolute atomic E-state index is 12.1. The zero-order valence-corrected chi connectivity index (χ0v) is 8.93. The van der Waals surface area contributed by atoms with Crippen LogP contribution in [0.15, 0.2) is 0 Å². The highest BCUT2D eigenvalue weighted by Crippen LogP contribution is 2.26. The topological polar surface area (TPSA) is 35.5 Å². The summed E-state index contributed by atoms with van der Waals surface area (Å²) in [4.78, 5) is 1.94. The number of hydrogen-bond donors (Lipinski definition) is 2. The van der Waals surface area contributed by atoms with Gasteiger partial charge in [-0.05, 0) is 20.4 Å². The third kappa shape index (κ3) is 3.32. The highest BCUT2D eigenvalue weighted by atomic mass is 19.4. The maximum Gasteiger partial charge on any atom is 0.401 e. The van der Waals surface area contributed by atoms with Crippen molar-refractivity contribution in [3.8, 4) is 0 Å². The van der Waals surface area contributed by atoms with Crippen LogP contribution in [-0.4, -0.2) is 54.5 Å². The zero-order valence-electron chi connectivity index (χ0n) is 8.93. The van der Waals surface area contributed by atoms with Crippen LogP contribution in [0.2, 0.25) is 0 Å². The molecular formula is C9H17F3N2O. The average molecular weight is 226 g/mol. The molecule has 0 aromatic heterocycles. The van der Waals surface area contributed by atoms with Gasteiger partial charge in [0.1, 0.15) is 0 Å². The number of rotatable bonds is 3. The quantitative estimate of drug-likeness (QED) is 0.739. The van der Waals surface area contributed by atoms with E-state index in [0.29, 0.717) is 13.0 Å². The fraction of sp³-hybridized carbons (Fsp3) is 1.00. The Hall–Kier alpha value is -0.330. The van der Waals surface area contributed by atoms with Crippen molar-refractivity contribution >= 4 is 0 Å². The number of alkyl halides is 3. The molecule has 90 valence electrons. The molecule has 0 aromatic rings. The lowest BCUT2D eigenvalue weighted by molar-refractivity contribution is -0.129. The van der Waals surface area contributed by atoms with Crippen LogP contribution in [0.3, 0.4) is 0 Å². The maximum atomic E-state index is 12.1. The minimum Gasteiger partial charge on any atom is -0.394 e. The van der Waals surface area contributed by atoms with E-state index in [0.717, 1.165) is 0 Å². The van der Waals surface area contributed by atoms with Crippen molar-refractivity contribution in [1.82, 2.24) is 10.2 Å². The summed E-state index contributed by atoms with van der Waals surface area (Å²) >= 11 is 0. The Morgan fingerprint density at radius 1 is 1.53 bits per heavy atom. The summed E-state index contributed by atoms with van der Waals surface area (Å²) in [5.41, 5.74) is -0.802. The molecule has 1 saturated heterocycles. The van der Waals surface area contributed by atoms with Crippen LogP contribution in [0, 0.1) is 0 Å². The Bertz CT molecular complexity index is 210. The second kappa shape index (κ2) is 4.27. The number of aliphatic hydroxyl groups excluding tert-OH is 1. The van der Waals surface area contributed by atoms with Gasteiger partial charge in [-0.1, -0.05) is 0 Å². The summed E-state index contributed by atoms with van der Waals surface area (Å²) in [5.74, 6) is 0. The molecule has 15 heavy (non-hydrogen) atoms. The second-order valence-electron chi connectivity index (χ2n) is 4.38. The molecule has 2 N–H and O–H groups in total. The molecule has 1 heterocycles. The molecule has 3 nitrogen and oxygen atoms in total. The second-order valence-corrected chi connectivity index (χ2v) is 4.38. The molecule has 0 bridgehead atoms. The summed E-state index contributed by atoms with van der Waals surface area (Å²) in [6.45, 7) is 1.07. The molecule has 1 fully saturated rings. The number of aliphatic hydroxyl groups is 1. The minimum atomic E-state index is -4.23. The predicted octanol–water partition coefficient (Wildman–Crippen LogP) is 0.593. The standard InChI is InChI=1S/C9H17F3N2O/c1-7-3-8(6-15,5-14(7)2)13-4-9(10,11)12/h7,13,15H,3-6H2,1-2H3. The van der Waals surface area contributed by atoms with E-state index in [-0.39, 0.29) is 12.6 Å². The van der Waals surface area contributed by atoms with Gasteiger partial charge < -0.3 is 10.0 Å². The van der Waals surface area contributed by atoms with Crippen molar-refractivity contribution in [2.45, 2.75) is 31.1 Å². The first-order valence-electron chi connectivity index (χ1n) is 4.91. The Labute approximate surface area is 87.3 Å². The van der Waals surface area contributed by atoms with Crippen molar-refractivity contribution < 1.29 is 18.3 Å². The summed E-state index contributed by atoms with van der Waals surface area (Å²) < 4.78 is 36.2. The summed E-state index contributed by atoms with van der Waals surface area (Å²) in [6.07, 6.45) is -3.69. The van der Waals surface area contributed by atoms with Gasteiger partial charge in [0, 0.05) is 12.6 Å². The highest BCUT2D eigenvalue weighted by molar-refractivity contribution is 4.99. The number of halogens is 3. The predicted molar refractivity (Wildman–Crippen MR) is 50.6 cm³/mol. The molecule has 2 atom stereocenters. The molecule has 2 unspecified atom stereocenters. The van der Waals surface area contributed by atoms with Crippen LogP contribution in [0.5, 0.6) is 0 Å². The van der Waals surface area contributed by atoms with Gasteiger partial charge in [-0.3, -0.25) is 5.32 Å². The Balaban J connectivity index is 2.56. The number of nitrogens with zero attached hydrogens (tertiary/aromatic N) is 1. The fourth-order valence-electron chi connectivity index (χ4n) is 2.01. The van der Waals surface area contributed by atoms with E-state index in [9.17, 15) is 18.3 Å². The molecule has 1 aliphatic heterocycles. The van der Waals surface area contributed by atoms with E-state index in [1.807, 2.05) is 18.9 Å². The van der Waals surface area contributed by atoms with Crippen LogP contribution >= 0.6 is 0 Å². The number of hydrogen-bond acceptors (Lipinski definition) is 3. The first-order chi connectivity index (χ1) is 6.78. The minimum absolute atomic E-state index is 0.192. The van der Waals surface area contributed by atoms with Crippen LogP contribution in [0.1, 0.15) is 13.3 Å². The van der Waals surface area contributed by atoms with E-state index in [1.54, 1.807) is 0 Å². The van der Waals surface area contributed by atoms with Crippen LogP contribution in [0.4, 0.5) is 13.2 Å². The number of nitrogens with one attached hydrogen (secondary N) is 1. The largest absolute Gasteiger partial charge is 0.401 e. The first-order valence-corrected chi connectivity index (χ1v) is 4.91. The highest BCUT2D eigenvalue weighted by Gasteiger charge is 2.42. The molecule has 1 rings (SSSR count). The summed E-state index contributed by atoms with van der Waals surface area (Å²) in [5, 5.41) is 11.6. The van der Waals surface area contributed by atoms with Crippen LogP contribution < -0.4 is 5.32 Å². The molecular weight excluding hydrogens is 209 g/mol. The smallest absolute Gasteiger partial charge is 0.394 e. The molecule has 0 aromatic carbocycles. The van der Waals surface area contributed by atoms with Crippen molar-refractivity contribution in [2.75, 3.05) is 26.7 Å². The van der Waals surface area contributed by atoms with E-state index in [1.165, 1.54) is 0 Å². The fourth-order valence-corrected chi connectivity index (χ4v) is 2.01. The van der Waals surface area contributed by atoms with Gasteiger partial charge in [0.2, 0.25) is 0 Å². The van der Waals surface area contributed by atoms with E-state index in [4.69, 9.17) is 0 Å². The van der Waals surface area contributed by atoms with Crippen molar-refractivity contribution in [3.63, 3.8) is 0 Å². The van der Waals surface area contributed by atoms with Crippen molar-refractivity contribution in [2.24, 2.45) is 0 Å². The van der Waals surface area contributed by atoms with Crippen molar-refractivity contribution in [3.05, 3.63) is 0 Å². The lowest BCUT2D eigenvalue weighted by Crippen LogP contribution is -2.53. The van der Waals surface area contributed by atoms with E-state index in [2.05, 4.69) is 5.32 Å². The van der Waals surface area contributed by atoms with E-state index >= 15 is 0 Å². The Morgan fingerprint density at radius 2 is 2.13 bits per heavy atom. The van der Waals surface area contributed by atoms with Gasteiger partial charge in [0.15, 0.2) is 0 Å². The lowest BCUT2D eigenvalue weighted by atomic mass is 9.97. The van der Waals surface area contributed by atoms with Crippen LogP contribution in [-0.2, 0) is 0 Å².